The number of nitrogens with zero attached hydrogens (tertiary/aromatic N) is 2. The van der Waals surface area contributed by atoms with Gasteiger partial charge < -0.3 is 20.2 Å². The second kappa shape index (κ2) is 8.74. The maximum Gasteiger partial charge on any atom is 0.317 e. The van der Waals surface area contributed by atoms with Gasteiger partial charge in [0.1, 0.15) is 0 Å². The summed E-state index contributed by atoms with van der Waals surface area (Å²) in [6.07, 6.45) is 1.07. The van der Waals surface area contributed by atoms with E-state index in [0.29, 0.717) is 12.6 Å². The van der Waals surface area contributed by atoms with Gasteiger partial charge in [0.25, 0.3) is 0 Å². The topological polar surface area (TPSA) is 72.9 Å². The fourth-order valence-corrected chi connectivity index (χ4v) is 1.58. The molecule has 6 heteroatoms. The van der Waals surface area contributed by atoms with Crippen molar-refractivity contribution in [3.8, 4) is 0 Å². The van der Waals surface area contributed by atoms with E-state index in [1.807, 2.05) is 7.05 Å². The molecule has 0 aliphatic heterocycles. The molecule has 0 aliphatic rings. The highest BCUT2D eigenvalue weighted by Gasteiger charge is 2.17. The van der Waals surface area contributed by atoms with E-state index in [-0.39, 0.29) is 12.6 Å². The largest absolute Gasteiger partial charge is 0.481 e. The molecule has 0 radical (unpaired) electrons. The maximum atomic E-state index is 11.7. The normalized spacial score (nSPS) is 14.0. The zero-order valence-corrected chi connectivity index (χ0v) is 12.6. The predicted molar refractivity (Wildman–Crippen MR) is 75.2 cm³/mol. The van der Waals surface area contributed by atoms with E-state index in [2.05, 4.69) is 24.1 Å². The lowest BCUT2D eigenvalue weighted by molar-refractivity contribution is -0.141. The van der Waals surface area contributed by atoms with E-state index in [4.69, 9.17) is 5.11 Å². The van der Waals surface area contributed by atoms with Crippen LogP contribution >= 0.6 is 0 Å². The van der Waals surface area contributed by atoms with Gasteiger partial charge in [-0.25, -0.2) is 4.79 Å². The lowest BCUT2D eigenvalue weighted by Crippen LogP contribution is -2.44. The third kappa shape index (κ3) is 7.00. The van der Waals surface area contributed by atoms with Crippen molar-refractivity contribution in [3.63, 3.8) is 0 Å². The molecule has 2 amide bonds. The van der Waals surface area contributed by atoms with Crippen LogP contribution in [0.15, 0.2) is 0 Å². The summed E-state index contributed by atoms with van der Waals surface area (Å²) < 4.78 is 0. The van der Waals surface area contributed by atoms with E-state index < -0.39 is 11.9 Å². The summed E-state index contributed by atoms with van der Waals surface area (Å²) in [6, 6.07) is 0.257. The summed E-state index contributed by atoms with van der Waals surface area (Å²) in [7, 11) is 3.63. The number of aliphatic carboxylic acids is 1. The summed E-state index contributed by atoms with van der Waals surface area (Å²) >= 11 is 0. The average Bonchev–Trinajstić information content (AvgIpc) is 2.36. The fraction of sp³-hybridized carbons (Fsp3) is 0.846. The molecule has 6 nitrogen and oxygen atoms in total. The number of hydrogen-bond acceptors (Lipinski definition) is 3. The molecule has 2 atom stereocenters. The summed E-state index contributed by atoms with van der Waals surface area (Å²) in [4.78, 5) is 26.0. The van der Waals surface area contributed by atoms with Crippen molar-refractivity contribution < 1.29 is 14.7 Å². The molecule has 112 valence electrons. The molecule has 0 rings (SSSR count). The van der Waals surface area contributed by atoms with Crippen molar-refractivity contribution in [2.45, 2.75) is 33.2 Å². The van der Waals surface area contributed by atoms with Crippen LogP contribution in [0.1, 0.15) is 27.2 Å². The van der Waals surface area contributed by atoms with Crippen LogP contribution in [0.2, 0.25) is 0 Å². The first-order valence-corrected chi connectivity index (χ1v) is 6.71. The number of hydrogen-bond donors (Lipinski definition) is 2. The first kappa shape index (κ1) is 17.7. The Morgan fingerprint density at radius 2 is 1.84 bits per heavy atom. The number of amides is 2. The van der Waals surface area contributed by atoms with Gasteiger partial charge in [-0.05, 0) is 20.4 Å². The van der Waals surface area contributed by atoms with Gasteiger partial charge >= 0.3 is 12.0 Å². The lowest BCUT2D eigenvalue weighted by Gasteiger charge is -2.25. The molecule has 0 aromatic rings. The summed E-state index contributed by atoms with van der Waals surface area (Å²) in [6.45, 7) is 7.41. The Balaban J connectivity index is 3.94. The van der Waals surface area contributed by atoms with E-state index >= 15 is 0 Å². The third-order valence-electron chi connectivity index (χ3n) is 3.40. The van der Waals surface area contributed by atoms with Crippen LogP contribution in [-0.2, 0) is 4.79 Å². The molecule has 0 bridgehead atoms. The van der Waals surface area contributed by atoms with E-state index in [1.165, 1.54) is 4.90 Å². The van der Waals surface area contributed by atoms with Gasteiger partial charge in [0, 0.05) is 32.7 Å². The molecule has 0 aliphatic carbocycles. The molecule has 0 saturated heterocycles. The molecule has 2 N–H and O–H groups in total. The highest BCUT2D eigenvalue weighted by molar-refractivity contribution is 5.75. The zero-order valence-electron chi connectivity index (χ0n) is 12.6. The minimum atomic E-state index is -0.892. The first-order valence-electron chi connectivity index (χ1n) is 6.71. The summed E-state index contributed by atoms with van der Waals surface area (Å²) in [5, 5.41) is 11.6. The standard InChI is InChI=1S/C13H27N3O3/c1-6-11(3)15(4)8-7-14-13(19)16(5)9-10(2)12(17)18/h10-11H,6-9H2,1-5H3,(H,14,19)(H,17,18). The molecule has 19 heavy (non-hydrogen) atoms. The Bertz CT molecular complexity index is 297. The minimum absolute atomic E-state index is 0.211. The van der Waals surface area contributed by atoms with Gasteiger partial charge in [0.05, 0.1) is 5.92 Å². The highest BCUT2D eigenvalue weighted by atomic mass is 16.4. The SMILES string of the molecule is CCC(C)N(C)CCNC(=O)N(C)CC(C)C(=O)O. The molecule has 0 saturated carbocycles. The smallest absolute Gasteiger partial charge is 0.317 e. The lowest BCUT2D eigenvalue weighted by atomic mass is 10.2. The highest BCUT2D eigenvalue weighted by Crippen LogP contribution is 2.00. The Kier molecular flexibility index (Phi) is 8.14. The Labute approximate surface area is 115 Å². The molecular formula is C13H27N3O3. The predicted octanol–water partition coefficient (Wildman–Crippen LogP) is 1.08. The number of carbonyl (C=O) groups excluding carboxylic acids is 1. The van der Waals surface area contributed by atoms with Crippen LogP contribution in [0.5, 0.6) is 0 Å². The molecule has 0 aromatic heterocycles. The van der Waals surface area contributed by atoms with Gasteiger partial charge in [0.15, 0.2) is 0 Å². The number of likely N-dealkylation sites (N-methyl/N-ethyl adjacent to an activating group) is 1. The van der Waals surface area contributed by atoms with Crippen LogP contribution in [-0.4, -0.2) is 66.7 Å². The third-order valence-corrected chi connectivity index (χ3v) is 3.40. The Morgan fingerprint density at radius 3 is 2.32 bits per heavy atom. The Hall–Kier alpha value is -1.30. The van der Waals surface area contributed by atoms with Crippen molar-refractivity contribution in [3.05, 3.63) is 0 Å². The van der Waals surface area contributed by atoms with Crippen LogP contribution < -0.4 is 5.32 Å². The van der Waals surface area contributed by atoms with Crippen molar-refractivity contribution in [1.82, 2.24) is 15.1 Å². The summed E-state index contributed by atoms with van der Waals surface area (Å²) in [5.74, 6) is -1.45. The molecule has 0 aromatic carbocycles. The zero-order chi connectivity index (χ0) is 15.0. The van der Waals surface area contributed by atoms with Gasteiger partial charge in [-0.3, -0.25) is 4.79 Å². The molecule has 0 spiro atoms. The number of carboxylic acids is 1. The van der Waals surface area contributed by atoms with Gasteiger partial charge in [0.2, 0.25) is 0 Å². The van der Waals surface area contributed by atoms with E-state index in [0.717, 1.165) is 13.0 Å². The number of carbonyl (C=O) groups is 2. The Morgan fingerprint density at radius 1 is 1.26 bits per heavy atom. The van der Waals surface area contributed by atoms with Crippen LogP contribution in [0.25, 0.3) is 0 Å². The number of carboxylic acid groups (broad SMARTS) is 1. The number of urea groups is 1. The van der Waals surface area contributed by atoms with Crippen molar-refractivity contribution in [2.24, 2.45) is 5.92 Å². The number of rotatable bonds is 8. The van der Waals surface area contributed by atoms with Gasteiger partial charge in [-0.1, -0.05) is 13.8 Å². The van der Waals surface area contributed by atoms with Crippen LogP contribution in [0, 0.1) is 5.92 Å². The molecule has 0 fully saturated rings. The average molecular weight is 273 g/mol. The first-order chi connectivity index (χ1) is 8.79. The molecule has 2 unspecified atom stereocenters. The van der Waals surface area contributed by atoms with Crippen molar-refractivity contribution in [1.29, 1.82) is 0 Å². The van der Waals surface area contributed by atoms with Crippen LogP contribution in [0.4, 0.5) is 4.79 Å². The molecular weight excluding hydrogens is 246 g/mol. The van der Waals surface area contributed by atoms with Crippen LogP contribution in [0.3, 0.4) is 0 Å². The van der Waals surface area contributed by atoms with E-state index in [1.54, 1.807) is 14.0 Å². The monoisotopic (exact) mass is 273 g/mol. The van der Waals surface area contributed by atoms with Crippen molar-refractivity contribution in [2.75, 3.05) is 33.7 Å². The second-order valence-electron chi connectivity index (χ2n) is 5.09. The minimum Gasteiger partial charge on any atom is -0.481 e. The maximum absolute atomic E-state index is 11.7. The quantitative estimate of drug-likeness (QED) is 0.694. The summed E-state index contributed by atoms with van der Waals surface area (Å²) in [5.41, 5.74) is 0. The van der Waals surface area contributed by atoms with Gasteiger partial charge in [-0.2, -0.15) is 0 Å². The second-order valence-corrected chi connectivity index (χ2v) is 5.09. The van der Waals surface area contributed by atoms with Gasteiger partial charge in [-0.15, -0.1) is 0 Å². The van der Waals surface area contributed by atoms with E-state index in [9.17, 15) is 9.59 Å². The molecule has 0 heterocycles. The van der Waals surface area contributed by atoms with Crippen molar-refractivity contribution >= 4 is 12.0 Å². The number of nitrogens with one attached hydrogen (secondary N) is 1. The fourth-order valence-electron chi connectivity index (χ4n) is 1.58.